The van der Waals surface area contributed by atoms with Gasteiger partial charge in [0.1, 0.15) is 30.3 Å². The molecule has 0 aliphatic carbocycles. The molecule has 6 rings (SSSR count). The second-order valence-corrected chi connectivity index (χ2v) is 20.5. The van der Waals surface area contributed by atoms with Gasteiger partial charge in [0, 0.05) is 17.8 Å². The van der Waals surface area contributed by atoms with Crippen molar-refractivity contribution in [3.05, 3.63) is 35.7 Å². The Labute approximate surface area is 298 Å². The number of hydrogen-bond acceptors (Lipinski definition) is 16. The van der Waals surface area contributed by atoms with Crippen molar-refractivity contribution in [2.75, 3.05) is 32.7 Å². The van der Waals surface area contributed by atoms with Crippen molar-refractivity contribution in [1.29, 1.82) is 0 Å². The fourth-order valence-corrected chi connectivity index (χ4v) is 11.0. The molecular formula is C27H37F2N9O9P2S2. The highest BCUT2D eigenvalue weighted by Crippen LogP contribution is 2.67. The Balaban J connectivity index is 1.26. The first-order valence-electron chi connectivity index (χ1n) is 15.6. The molecule has 0 aromatic carbocycles. The summed E-state index contributed by atoms with van der Waals surface area (Å²) in [6, 6.07) is 0. The number of aromatic amines is 1. The molecule has 2 fully saturated rings. The van der Waals surface area contributed by atoms with Crippen LogP contribution in [-0.2, 0) is 36.7 Å². The molecule has 4 aromatic rings. The summed E-state index contributed by atoms with van der Waals surface area (Å²) >= 11 is 4.69. The Morgan fingerprint density at radius 1 is 1.02 bits per heavy atom. The zero-order valence-corrected chi connectivity index (χ0v) is 31.4. The topological polar surface area (TPSA) is 223 Å². The van der Waals surface area contributed by atoms with E-state index in [9.17, 15) is 18.3 Å². The Kier molecular flexibility index (Phi) is 11.0. The Morgan fingerprint density at radius 2 is 1.67 bits per heavy atom. The van der Waals surface area contributed by atoms with Gasteiger partial charge >= 0.3 is 13.6 Å². The minimum Gasteiger partial charge on any atom is -0.382 e. The molecule has 6 heterocycles. The minimum atomic E-state index is -4.33. The molecule has 0 spiro atoms. The van der Waals surface area contributed by atoms with Crippen LogP contribution in [0, 0.1) is 11.8 Å². The third kappa shape index (κ3) is 7.90. The highest BCUT2D eigenvalue weighted by molar-refractivity contribution is 8.55. The molecule has 0 bridgehead atoms. The van der Waals surface area contributed by atoms with Crippen LogP contribution in [0.2, 0.25) is 0 Å². The van der Waals surface area contributed by atoms with Crippen LogP contribution < -0.4 is 11.3 Å². The van der Waals surface area contributed by atoms with Gasteiger partial charge in [0.05, 0.1) is 45.0 Å². The second-order valence-electron chi connectivity index (χ2n) is 12.9. The fourth-order valence-electron chi connectivity index (χ4n) is 5.85. The largest absolute Gasteiger partial charge is 0.390 e. The average molecular weight is 796 g/mol. The van der Waals surface area contributed by atoms with Crippen LogP contribution in [0.5, 0.6) is 0 Å². The van der Waals surface area contributed by atoms with E-state index in [-0.39, 0.29) is 23.6 Å². The summed E-state index contributed by atoms with van der Waals surface area (Å²) in [7, 11) is 1.11. The Morgan fingerprint density at radius 3 is 2.35 bits per heavy atom. The van der Waals surface area contributed by atoms with E-state index in [1.54, 1.807) is 32.3 Å². The van der Waals surface area contributed by atoms with E-state index in [0.29, 0.717) is 11.2 Å². The van der Waals surface area contributed by atoms with E-state index in [1.165, 1.54) is 23.5 Å². The Bertz CT molecular complexity index is 2030. The zero-order chi connectivity index (χ0) is 36.9. The number of H-pyrrole nitrogens is 1. The molecule has 2 aliphatic heterocycles. The predicted octanol–water partition coefficient (Wildman–Crippen LogP) is 4.64. The van der Waals surface area contributed by atoms with Crippen molar-refractivity contribution in [2.45, 2.75) is 69.4 Å². The van der Waals surface area contributed by atoms with Crippen LogP contribution in [0.25, 0.3) is 22.3 Å². The van der Waals surface area contributed by atoms with Crippen molar-refractivity contribution < 1.29 is 45.5 Å². The number of rotatable bonds is 13. The van der Waals surface area contributed by atoms with Gasteiger partial charge in [-0.25, -0.2) is 38.4 Å². The minimum absolute atomic E-state index is 0.0103. The number of nitrogens with one attached hydrogen (secondary N) is 1. The summed E-state index contributed by atoms with van der Waals surface area (Å²) in [6.45, 7) is -2.83. The smallest absolute Gasteiger partial charge is 0.382 e. The third-order valence-electron chi connectivity index (χ3n) is 8.35. The number of nitrogens with zero attached hydrogens (tertiary/aromatic N) is 7. The van der Waals surface area contributed by atoms with Crippen LogP contribution in [0.1, 0.15) is 40.2 Å². The van der Waals surface area contributed by atoms with Gasteiger partial charge in [-0.05, 0) is 17.3 Å². The van der Waals surface area contributed by atoms with Crippen molar-refractivity contribution in [3.63, 3.8) is 0 Å². The number of ether oxygens (including phenoxy) is 2. The molecule has 3 N–H and O–H groups in total. The second kappa shape index (κ2) is 14.7. The van der Waals surface area contributed by atoms with Crippen LogP contribution in [0.15, 0.2) is 30.1 Å². The number of imidazole rings is 2. The number of hydrogen-bond donors (Lipinski definition) is 3. The van der Waals surface area contributed by atoms with Crippen LogP contribution in [0.4, 0.5) is 14.6 Å². The number of nitrogens with two attached hydrogens (primary N) is 1. The molecule has 0 saturated carbocycles. The van der Waals surface area contributed by atoms with Gasteiger partial charge < -0.3 is 24.7 Å². The number of anilines is 1. The highest BCUT2D eigenvalue weighted by Gasteiger charge is 2.53. The standard InChI is InChI=1S/C27H37F2N9O9P2S2/c1-13-14(6-28)25(37-11-35-18-21(30)31-9-32-22(18)37)45-15(13)7-44-49(41,51-27(2,3)4)47-20-16(8-43-48(40,50)42-5)46-26(17(20)29)38-12-36-19-23(38)33-10-34-24(19)39/h9-17,20,25-26H,6-8H2,1-5H3,(H,40,50)(H2,30,31,32)(H,33,34,39)/t13-,14+,15+,16+,17+,20+,25+,26+,48?,49?/m0/s1. The molecule has 51 heavy (non-hydrogen) atoms. The highest BCUT2D eigenvalue weighted by atomic mass is 32.7. The molecule has 2 unspecified atom stereocenters. The Hall–Kier alpha value is -2.52. The first-order chi connectivity index (χ1) is 24.0. The lowest BCUT2D eigenvalue weighted by atomic mass is 9.92. The van der Waals surface area contributed by atoms with E-state index < -0.39 is 86.0 Å². The molecule has 0 amide bonds. The van der Waals surface area contributed by atoms with E-state index in [0.717, 1.165) is 24.8 Å². The molecule has 2 aliphatic rings. The molecule has 10 atom stereocenters. The number of nitrogen functional groups attached to an aromatic ring is 1. The van der Waals surface area contributed by atoms with E-state index in [4.69, 9.17) is 33.3 Å². The van der Waals surface area contributed by atoms with E-state index >= 15 is 4.39 Å². The zero-order valence-electron chi connectivity index (χ0n) is 27.9. The molecule has 0 radical (unpaired) electrons. The summed E-state index contributed by atoms with van der Waals surface area (Å²) in [5, 5.41) is 0. The normalized spacial score (nSPS) is 29.5. The number of alkyl halides is 2. The van der Waals surface area contributed by atoms with Crippen LogP contribution in [-0.4, -0.2) is 95.3 Å². The number of halogens is 2. The molecular weight excluding hydrogens is 758 g/mol. The first-order valence-corrected chi connectivity index (χ1v) is 21.2. The lowest BCUT2D eigenvalue weighted by molar-refractivity contribution is -0.0441. The third-order valence-corrected chi connectivity index (χ3v) is 14.8. The number of aromatic nitrogens is 8. The quantitative estimate of drug-likeness (QED) is 0.124. The lowest BCUT2D eigenvalue weighted by Gasteiger charge is -2.30. The molecule has 4 aromatic heterocycles. The summed E-state index contributed by atoms with van der Waals surface area (Å²) in [5.41, 5.74) is 5.99. The van der Waals surface area contributed by atoms with Crippen molar-refractivity contribution in [1.82, 2.24) is 39.0 Å². The molecule has 280 valence electrons. The van der Waals surface area contributed by atoms with Crippen molar-refractivity contribution in [3.8, 4) is 0 Å². The summed E-state index contributed by atoms with van der Waals surface area (Å²) < 4.78 is 94.6. The maximum absolute atomic E-state index is 16.6. The summed E-state index contributed by atoms with van der Waals surface area (Å²) in [6.07, 6.45) is -3.21. The monoisotopic (exact) mass is 795 g/mol. The predicted molar refractivity (Wildman–Crippen MR) is 185 cm³/mol. The van der Waals surface area contributed by atoms with Gasteiger partial charge in [-0.2, -0.15) is 0 Å². The fraction of sp³-hybridized carbons (Fsp3) is 0.630. The number of fused-ring (bicyclic) bond motifs is 2. The average Bonchev–Trinajstić information content (AvgIpc) is 3.83. The van der Waals surface area contributed by atoms with Crippen molar-refractivity contribution in [2.24, 2.45) is 11.8 Å². The van der Waals surface area contributed by atoms with Gasteiger partial charge in [-0.15, -0.1) is 0 Å². The first kappa shape index (κ1) is 38.2. The van der Waals surface area contributed by atoms with Crippen LogP contribution in [0.3, 0.4) is 0 Å². The number of thiol groups is 1. The SMILES string of the molecule is COP(=O)(S)OC[C@H]1O[C@@H](n2cnc3c(=O)[nH]cnc32)[C@H](F)[C@@H]1OP(=O)(OC[C@H]1O[C@@H](n2cnc3c(N)ncnc32)[C@H](CF)[C@@H]1C)SC(C)(C)C. The summed E-state index contributed by atoms with van der Waals surface area (Å²) in [5.74, 6) is -0.980. The van der Waals surface area contributed by atoms with Gasteiger partial charge in [0.2, 0.25) is 0 Å². The van der Waals surface area contributed by atoms with Gasteiger partial charge in [0.15, 0.2) is 35.0 Å². The van der Waals surface area contributed by atoms with Crippen molar-refractivity contribution >= 4 is 65.4 Å². The van der Waals surface area contributed by atoms with Gasteiger partial charge in [0.25, 0.3) is 5.56 Å². The maximum Gasteiger partial charge on any atom is 0.390 e. The van der Waals surface area contributed by atoms with Gasteiger partial charge in [-0.3, -0.25) is 31.9 Å². The lowest BCUT2D eigenvalue weighted by Crippen LogP contribution is -2.34. The van der Waals surface area contributed by atoms with E-state index in [1.807, 2.05) is 0 Å². The molecule has 18 nitrogen and oxygen atoms in total. The maximum atomic E-state index is 16.6. The van der Waals surface area contributed by atoms with E-state index in [2.05, 4.69) is 42.2 Å². The van der Waals surface area contributed by atoms with Gasteiger partial charge in [-0.1, -0.05) is 39.9 Å². The summed E-state index contributed by atoms with van der Waals surface area (Å²) in [4.78, 5) is 35.2. The van der Waals surface area contributed by atoms with Crippen LogP contribution >= 0.6 is 37.2 Å². The molecule has 2 saturated heterocycles. The molecule has 24 heteroatoms.